The summed E-state index contributed by atoms with van der Waals surface area (Å²) in [6, 6.07) is 0. The standard InChI is InChI=1S/C7H10F2O2/c1-2-11-7(10)5-3-4(5)6(8)9/h4-6H,2-3H2,1H3. The lowest BCUT2D eigenvalue weighted by Gasteiger charge is -1.99. The summed E-state index contributed by atoms with van der Waals surface area (Å²) in [5.41, 5.74) is 0. The van der Waals surface area contributed by atoms with Crippen LogP contribution in [0, 0.1) is 11.8 Å². The lowest BCUT2D eigenvalue weighted by atomic mass is 10.3. The molecule has 0 heterocycles. The number of carbonyl (C=O) groups is 1. The zero-order valence-corrected chi connectivity index (χ0v) is 6.22. The third-order valence-electron chi connectivity index (χ3n) is 1.75. The maximum absolute atomic E-state index is 11.9. The number of esters is 1. The number of hydrogen-bond acceptors (Lipinski definition) is 2. The van der Waals surface area contributed by atoms with Gasteiger partial charge in [-0.25, -0.2) is 8.78 Å². The quantitative estimate of drug-likeness (QED) is 0.590. The number of halogens is 2. The Bertz CT molecular complexity index is 159. The topological polar surface area (TPSA) is 26.3 Å². The zero-order valence-electron chi connectivity index (χ0n) is 6.22. The van der Waals surface area contributed by atoms with E-state index in [2.05, 4.69) is 4.74 Å². The van der Waals surface area contributed by atoms with E-state index in [1.165, 1.54) is 0 Å². The lowest BCUT2D eigenvalue weighted by molar-refractivity contribution is -0.145. The monoisotopic (exact) mass is 164 g/mol. The molecule has 0 bridgehead atoms. The molecule has 0 spiro atoms. The molecule has 1 rings (SSSR count). The highest BCUT2D eigenvalue weighted by Crippen LogP contribution is 2.43. The van der Waals surface area contributed by atoms with Gasteiger partial charge < -0.3 is 4.74 Å². The van der Waals surface area contributed by atoms with Gasteiger partial charge in [0.25, 0.3) is 0 Å². The van der Waals surface area contributed by atoms with E-state index >= 15 is 0 Å². The Balaban J connectivity index is 2.26. The molecule has 0 saturated heterocycles. The molecule has 0 aromatic carbocycles. The third-order valence-corrected chi connectivity index (χ3v) is 1.75. The van der Waals surface area contributed by atoms with Crippen molar-refractivity contribution in [2.45, 2.75) is 19.8 Å². The maximum Gasteiger partial charge on any atom is 0.309 e. The molecule has 0 N–H and O–H groups in total. The predicted molar refractivity (Wildman–Crippen MR) is 34.2 cm³/mol. The molecular formula is C7H10F2O2. The summed E-state index contributed by atoms with van der Waals surface area (Å²) in [7, 11) is 0. The average Bonchev–Trinajstić information content (AvgIpc) is 2.65. The molecule has 2 atom stereocenters. The number of rotatable bonds is 3. The van der Waals surface area contributed by atoms with E-state index in [0.29, 0.717) is 0 Å². The van der Waals surface area contributed by atoms with E-state index in [1.54, 1.807) is 6.92 Å². The SMILES string of the molecule is CCOC(=O)C1CC1C(F)F. The van der Waals surface area contributed by atoms with E-state index < -0.39 is 24.2 Å². The van der Waals surface area contributed by atoms with E-state index in [9.17, 15) is 13.6 Å². The Kier molecular flexibility index (Phi) is 2.42. The van der Waals surface area contributed by atoms with Crippen LogP contribution >= 0.6 is 0 Å². The number of hydrogen-bond donors (Lipinski definition) is 0. The van der Waals surface area contributed by atoms with Crippen molar-refractivity contribution in [1.29, 1.82) is 0 Å². The van der Waals surface area contributed by atoms with Crippen molar-refractivity contribution < 1.29 is 18.3 Å². The Morgan fingerprint density at radius 1 is 1.73 bits per heavy atom. The Hall–Kier alpha value is -0.670. The van der Waals surface area contributed by atoms with E-state index in [-0.39, 0.29) is 13.0 Å². The summed E-state index contributed by atoms with van der Waals surface area (Å²) < 4.78 is 28.3. The molecule has 1 fully saturated rings. The molecule has 0 amide bonds. The molecule has 0 aromatic rings. The highest BCUT2D eigenvalue weighted by molar-refractivity contribution is 5.75. The Morgan fingerprint density at radius 2 is 2.36 bits per heavy atom. The molecule has 0 radical (unpaired) electrons. The average molecular weight is 164 g/mol. The van der Waals surface area contributed by atoms with Gasteiger partial charge in [-0.05, 0) is 13.3 Å². The van der Waals surface area contributed by atoms with Gasteiger partial charge in [0.2, 0.25) is 6.43 Å². The van der Waals surface area contributed by atoms with Crippen LogP contribution < -0.4 is 0 Å². The van der Waals surface area contributed by atoms with Gasteiger partial charge in [-0.15, -0.1) is 0 Å². The Morgan fingerprint density at radius 3 is 2.73 bits per heavy atom. The summed E-state index contributed by atoms with van der Waals surface area (Å²) in [6.07, 6.45) is -2.08. The molecule has 1 aliphatic carbocycles. The van der Waals surface area contributed by atoms with Crippen molar-refractivity contribution in [1.82, 2.24) is 0 Å². The molecule has 0 aromatic heterocycles. The normalized spacial score (nSPS) is 28.7. The van der Waals surface area contributed by atoms with Gasteiger partial charge in [-0.1, -0.05) is 0 Å². The minimum absolute atomic E-state index is 0.269. The summed E-state index contributed by atoms with van der Waals surface area (Å²) in [4.78, 5) is 10.8. The van der Waals surface area contributed by atoms with Crippen LogP contribution in [0.2, 0.25) is 0 Å². The highest BCUT2D eigenvalue weighted by atomic mass is 19.3. The fourth-order valence-corrected chi connectivity index (χ4v) is 1.01. The zero-order chi connectivity index (χ0) is 8.43. The van der Waals surface area contributed by atoms with Gasteiger partial charge in [-0.3, -0.25) is 4.79 Å². The second-order valence-corrected chi connectivity index (χ2v) is 2.59. The molecule has 11 heavy (non-hydrogen) atoms. The van der Waals surface area contributed by atoms with Crippen molar-refractivity contribution in [3.63, 3.8) is 0 Å². The van der Waals surface area contributed by atoms with E-state index in [4.69, 9.17) is 0 Å². The van der Waals surface area contributed by atoms with E-state index in [0.717, 1.165) is 0 Å². The fraction of sp³-hybridized carbons (Fsp3) is 0.857. The van der Waals surface area contributed by atoms with Crippen LogP contribution in [0.5, 0.6) is 0 Å². The second kappa shape index (κ2) is 3.15. The van der Waals surface area contributed by atoms with Crippen LogP contribution in [-0.2, 0) is 9.53 Å². The van der Waals surface area contributed by atoms with Crippen molar-refractivity contribution >= 4 is 5.97 Å². The number of carbonyl (C=O) groups excluding carboxylic acids is 1. The first-order chi connectivity index (χ1) is 5.16. The first kappa shape index (κ1) is 8.43. The van der Waals surface area contributed by atoms with Crippen molar-refractivity contribution in [2.75, 3.05) is 6.61 Å². The van der Waals surface area contributed by atoms with Crippen molar-refractivity contribution in [3.8, 4) is 0 Å². The summed E-state index contributed by atoms with van der Waals surface area (Å²) in [5, 5.41) is 0. The van der Waals surface area contributed by atoms with Gasteiger partial charge in [0.05, 0.1) is 12.5 Å². The van der Waals surface area contributed by atoms with Crippen LogP contribution in [-0.4, -0.2) is 19.0 Å². The smallest absolute Gasteiger partial charge is 0.309 e. The first-order valence-corrected chi connectivity index (χ1v) is 3.61. The highest BCUT2D eigenvalue weighted by Gasteiger charge is 2.49. The summed E-state index contributed by atoms with van der Waals surface area (Å²) in [6.45, 7) is 1.93. The van der Waals surface area contributed by atoms with Gasteiger partial charge in [0.1, 0.15) is 0 Å². The molecule has 64 valence electrons. The minimum atomic E-state index is -2.37. The van der Waals surface area contributed by atoms with E-state index in [1.807, 2.05) is 0 Å². The first-order valence-electron chi connectivity index (χ1n) is 3.61. The molecule has 2 unspecified atom stereocenters. The lowest BCUT2D eigenvalue weighted by Crippen LogP contribution is -2.09. The van der Waals surface area contributed by atoms with Crippen LogP contribution in [0.3, 0.4) is 0 Å². The molecule has 1 aliphatic rings. The largest absolute Gasteiger partial charge is 0.466 e. The van der Waals surface area contributed by atoms with Crippen LogP contribution in [0.4, 0.5) is 8.78 Å². The third kappa shape index (κ3) is 1.88. The van der Waals surface area contributed by atoms with Crippen LogP contribution in [0.15, 0.2) is 0 Å². The molecule has 2 nitrogen and oxygen atoms in total. The van der Waals surface area contributed by atoms with Crippen molar-refractivity contribution in [2.24, 2.45) is 11.8 Å². The molecule has 0 aliphatic heterocycles. The predicted octanol–water partition coefficient (Wildman–Crippen LogP) is 1.45. The summed E-state index contributed by atoms with van der Waals surface area (Å²) in [5.74, 6) is -1.75. The fourth-order valence-electron chi connectivity index (χ4n) is 1.01. The molecule has 1 saturated carbocycles. The van der Waals surface area contributed by atoms with Crippen LogP contribution in [0.25, 0.3) is 0 Å². The number of alkyl halides is 2. The van der Waals surface area contributed by atoms with Crippen LogP contribution in [0.1, 0.15) is 13.3 Å². The van der Waals surface area contributed by atoms with Gasteiger partial charge in [0, 0.05) is 5.92 Å². The second-order valence-electron chi connectivity index (χ2n) is 2.59. The molecular weight excluding hydrogens is 154 g/mol. The van der Waals surface area contributed by atoms with Crippen molar-refractivity contribution in [3.05, 3.63) is 0 Å². The Labute approximate surface area is 63.5 Å². The maximum atomic E-state index is 11.9. The summed E-state index contributed by atoms with van der Waals surface area (Å²) >= 11 is 0. The van der Waals surface area contributed by atoms with Gasteiger partial charge in [0.15, 0.2) is 0 Å². The molecule has 4 heteroatoms. The minimum Gasteiger partial charge on any atom is -0.466 e. The number of ether oxygens (including phenoxy) is 1. The van der Waals surface area contributed by atoms with Gasteiger partial charge >= 0.3 is 5.97 Å². The van der Waals surface area contributed by atoms with Gasteiger partial charge in [-0.2, -0.15) is 0 Å².